The fourth-order valence-electron chi connectivity index (χ4n) is 0.211. The van der Waals surface area contributed by atoms with Gasteiger partial charge < -0.3 is 0 Å². The average Bonchev–Trinajstić information content (AvgIpc) is 2.51. The molecule has 0 aromatic heterocycles. The molecule has 0 aliphatic carbocycles. The van der Waals surface area contributed by atoms with Crippen LogP contribution in [0.1, 0.15) is 86.6 Å². The van der Waals surface area contributed by atoms with E-state index in [0.717, 1.165) is 0 Å². The highest BCUT2D eigenvalue weighted by molar-refractivity contribution is 9.09. The lowest BCUT2D eigenvalue weighted by molar-refractivity contribution is 0.587. The van der Waals surface area contributed by atoms with Gasteiger partial charge in [-0.3, -0.25) is 0 Å². The van der Waals surface area contributed by atoms with Gasteiger partial charge in [0.15, 0.2) is 0 Å². The smallest absolute Gasteiger partial charge is 0.0387 e. The van der Waals surface area contributed by atoms with Crippen molar-refractivity contribution < 1.29 is 28.8 Å². The third kappa shape index (κ3) is 10.5. The first-order valence-corrected chi connectivity index (χ1v) is 3.23. The van der Waals surface area contributed by atoms with Crippen molar-refractivity contribution >= 4 is 15.9 Å². The first-order valence-electron chi connectivity index (χ1n) is 12.9. The van der Waals surface area contributed by atoms with Gasteiger partial charge in [-0.2, -0.15) is 0 Å². The third-order valence-corrected chi connectivity index (χ3v) is 0.683. The molecule has 1 heteroatoms. The summed E-state index contributed by atoms with van der Waals surface area (Å²) in [6.45, 7) is -3.89. The number of halogens is 1. The van der Waals surface area contributed by atoms with E-state index in [-0.39, 0.29) is 0 Å². The Labute approximate surface area is 109 Å². The number of rotatable bonds is 8. The molecular weight excluding hydrogens is 200 g/mol. The minimum atomic E-state index is -4.53. The molecule has 0 spiro atoms. The van der Waals surface area contributed by atoms with Crippen LogP contribution in [0, 0.1) is 0 Å². The molecule has 0 aromatic rings. The monoisotopic (exact) mass is 241 g/mol. The minimum absolute atomic E-state index is 2.15. The van der Waals surface area contributed by atoms with Gasteiger partial charge in [-0.05, 0) is 6.37 Å². The Kier molecular flexibility index (Phi) is 1.21. The predicted molar refractivity (Wildman–Crippen MR) is 56.4 cm³/mol. The molecule has 0 bridgehead atoms. The molecular formula is C10H21Br. The van der Waals surface area contributed by atoms with Gasteiger partial charge in [0.25, 0.3) is 0 Å². The molecule has 0 amide bonds. The van der Waals surface area contributed by atoms with E-state index in [1.54, 1.807) is 0 Å². The lowest BCUT2D eigenvalue weighted by atomic mass is 10.1. The second-order valence-corrected chi connectivity index (χ2v) is 1.49. The summed E-state index contributed by atoms with van der Waals surface area (Å²) in [7, 11) is 0. The van der Waals surface area contributed by atoms with E-state index in [1.165, 1.54) is 0 Å². The van der Waals surface area contributed by atoms with Crippen LogP contribution in [-0.2, 0) is 0 Å². The molecule has 0 nitrogen and oxygen atoms in total. The summed E-state index contributed by atoms with van der Waals surface area (Å²) in [5, 5.41) is -3.34. The van der Waals surface area contributed by atoms with E-state index >= 15 is 0 Å². The van der Waals surface area contributed by atoms with E-state index < -0.39 is 63.1 Å². The van der Waals surface area contributed by atoms with Crippen LogP contribution < -0.4 is 0 Å². The van der Waals surface area contributed by atoms with Crippen LogP contribution >= 0.6 is 15.9 Å². The summed E-state index contributed by atoms with van der Waals surface area (Å²) in [6, 6.07) is 0. The highest BCUT2D eigenvalue weighted by atomic mass is 79.9. The summed E-state index contributed by atoms with van der Waals surface area (Å²) in [5.74, 6) is 0. The quantitative estimate of drug-likeness (QED) is 0.549. The second-order valence-electron chi connectivity index (χ2n) is 1.09. The molecule has 0 aliphatic heterocycles. The van der Waals surface area contributed by atoms with Crippen molar-refractivity contribution in [3.63, 3.8) is 0 Å². The van der Waals surface area contributed by atoms with Crippen LogP contribution in [0.5, 0.6) is 0 Å². The molecule has 0 N–H and O–H groups in total. The Morgan fingerprint density at radius 3 is 2.09 bits per heavy atom. The van der Waals surface area contributed by atoms with Crippen LogP contribution in [0.4, 0.5) is 0 Å². The average molecular weight is 242 g/mol. The van der Waals surface area contributed by atoms with E-state index in [9.17, 15) is 0 Å². The summed E-state index contributed by atoms with van der Waals surface area (Å²) >= 11 is 2.15. The number of hydrogen-bond donors (Lipinski definition) is 0. The summed E-state index contributed by atoms with van der Waals surface area (Å²) < 4.78 is 160. The molecule has 0 heterocycles. The van der Waals surface area contributed by atoms with Gasteiger partial charge in [0.05, 0.1) is 0 Å². The van der Waals surface area contributed by atoms with Crippen molar-refractivity contribution in [2.45, 2.75) is 57.8 Å². The van der Waals surface area contributed by atoms with Crippen LogP contribution in [0.3, 0.4) is 0 Å². The van der Waals surface area contributed by atoms with Gasteiger partial charge in [-0.1, -0.05) is 67.4 Å². The Hall–Kier alpha value is 0.480. The van der Waals surface area contributed by atoms with Crippen molar-refractivity contribution in [1.29, 1.82) is 0 Å². The maximum Gasteiger partial charge on any atom is 0.0387 e. The first kappa shape index (κ1) is 1.27. The predicted octanol–water partition coefficient (Wildman–Crippen LogP) is 4.52. The Morgan fingerprint density at radius 2 is 1.55 bits per heavy atom. The molecule has 0 radical (unpaired) electrons. The Bertz CT molecular complexity index is 632. The van der Waals surface area contributed by atoms with Crippen molar-refractivity contribution in [3.05, 3.63) is 0 Å². The van der Waals surface area contributed by atoms with Crippen molar-refractivity contribution in [2.75, 3.05) is 5.28 Å². The van der Waals surface area contributed by atoms with Crippen molar-refractivity contribution in [3.8, 4) is 0 Å². The maximum atomic E-state index is 7.87. The summed E-state index contributed by atoms with van der Waals surface area (Å²) in [5.41, 5.74) is 0. The van der Waals surface area contributed by atoms with Gasteiger partial charge in [0, 0.05) is 34.1 Å². The third-order valence-electron chi connectivity index (χ3n) is 0.485. The van der Waals surface area contributed by atoms with E-state index in [4.69, 9.17) is 28.8 Å². The topological polar surface area (TPSA) is 0 Å². The Balaban J connectivity index is 7.00. The largest absolute Gasteiger partial charge is 0.0928 e. The fraction of sp³-hybridized carbons (Fsp3) is 1.00. The normalized spacial score (nSPS) is 51.5. The molecule has 0 aromatic carbocycles. The van der Waals surface area contributed by atoms with Crippen molar-refractivity contribution in [2.24, 2.45) is 0 Å². The molecule has 0 atom stereocenters. The van der Waals surface area contributed by atoms with E-state index in [0.29, 0.717) is 0 Å². The van der Waals surface area contributed by atoms with Gasteiger partial charge in [-0.25, -0.2) is 0 Å². The molecule has 0 unspecified atom stereocenters. The lowest BCUT2D eigenvalue weighted by Crippen LogP contribution is -1.80. The van der Waals surface area contributed by atoms with Gasteiger partial charge in [0.1, 0.15) is 0 Å². The lowest BCUT2D eigenvalue weighted by Gasteiger charge is -1.98. The maximum absolute atomic E-state index is 7.87. The van der Waals surface area contributed by atoms with Crippen molar-refractivity contribution in [1.82, 2.24) is 0 Å². The zero-order chi connectivity index (χ0) is 27.0. The van der Waals surface area contributed by atoms with Gasteiger partial charge in [-0.15, -0.1) is 0 Å². The molecule has 0 fully saturated rings. The molecule has 0 saturated heterocycles. The number of alkyl halides is 1. The van der Waals surface area contributed by atoms with Crippen LogP contribution in [0.15, 0.2) is 0 Å². The molecule has 68 valence electrons. The SMILES string of the molecule is [2H]C([2H])([2H])C([2H])([2H])C([2H])([2H])C([2H])([2H])C([2H])([2H])C([2H])([2H])C([2H])([2H])C([2H])([2H])C([2H])([2H])C([2H])([2H])Br. The van der Waals surface area contributed by atoms with E-state index in [1.807, 2.05) is 0 Å². The minimum Gasteiger partial charge on any atom is -0.0928 e. The molecule has 0 rings (SSSR count). The van der Waals surface area contributed by atoms with Crippen LogP contribution in [0.2, 0.25) is 0 Å². The molecule has 11 heavy (non-hydrogen) atoms. The molecule has 0 saturated carbocycles. The highest BCUT2D eigenvalue weighted by Crippen LogP contribution is 2.08. The van der Waals surface area contributed by atoms with Gasteiger partial charge in [0.2, 0.25) is 0 Å². The van der Waals surface area contributed by atoms with Gasteiger partial charge >= 0.3 is 0 Å². The zero-order valence-corrected chi connectivity index (χ0v) is 6.96. The second kappa shape index (κ2) is 10.5. The first-order chi connectivity index (χ1) is 13.2. The van der Waals surface area contributed by atoms with Crippen LogP contribution in [-0.4, -0.2) is 5.28 Å². The zero-order valence-electron chi connectivity index (χ0n) is 26.4. The van der Waals surface area contributed by atoms with Crippen LogP contribution in [0.25, 0.3) is 0 Å². The number of hydrogen-bond acceptors (Lipinski definition) is 0. The summed E-state index contributed by atoms with van der Waals surface area (Å²) in [4.78, 5) is 0. The Morgan fingerprint density at radius 1 is 1.00 bits per heavy atom. The molecule has 0 aliphatic rings. The van der Waals surface area contributed by atoms with E-state index in [2.05, 4.69) is 15.9 Å². The summed E-state index contributed by atoms with van der Waals surface area (Å²) in [6.07, 6.45) is -34.6. The highest BCUT2D eigenvalue weighted by Gasteiger charge is 1.89. The standard InChI is InChI=1S/C10H21Br/c1-2-3-4-5-6-7-8-9-10-11/h2-10H2,1H3/i1D3,2D2,3D2,4D2,5D2,6D2,7D2,8D2,9D2,10D2. The fourth-order valence-corrected chi connectivity index (χ4v) is 0.310.